The van der Waals surface area contributed by atoms with Crippen LogP contribution in [0.2, 0.25) is 0 Å². The minimum Gasteiger partial charge on any atom is -0.427 e. The van der Waals surface area contributed by atoms with Gasteiger partial charge >= 0.3 is 5.63 Å². The summed E-state index contributed by atoms with van der Waals surface area (Å²) < 4.78 is 7.05. The quantitative estimate of drug-likeness (QED) is 0.617. The Kier molecular flexibility index (Phi) is 6.14. The molecule has 1 N–H and O–H groups in total. The number of amides is 1. The average molecular weight is 366 g/mol. The summed E-state index contributed by atoms with van der Waals surface area (Å²) in [6, 6.07) is 11.8. The van der Waals surface area contributed by atoms with Crippen LogP contribution in [0.25, 0.3) is 0 Å². The number of hydrogen-bond acceptors (Lipinski definition) is 5. The smallest absolute Gasteiger partial charge is 0.349 e. The van der Waals surface area contributed by atoms with Crippen molar-refractivity contribution in [2.45, 2.75) is 32.7 Å². The first-order chi connectivity index (χ1) is 13.1. The van der Waals surface area contributed by atoms with Crippen molar-refractivity contribution >= 4 is 5.91 Å². The molecule has 0 aliphatic rings. The number of rotatable bonds is 8. The lowest BCUT2D eigenvalue weighted by Crippen LogP contribution is -2.31. The number of hydrogen-bond donors (Lipinski definition) is 1. The molecule has 0 atom stereocenters. The molecule has 0 unspecified atom stereocenters. The van der Waals surface area contributed by atoms with Crippen LogP contribution in [-0.2, 0) is 19.4 Å². The molecule has 2 heterocycles. The van der Waals surface area contributed by atoms with Crippen molar-refractivity contribution in [3.05, 3.63) is 81.7 Å². The summed E-state index contributed by atoms with van der Waals surface area (Å²) in [4.78, 5) is 24.6. The van der Waals surface area contributed by atoms with Crippen LogP contribution in [0.4, 0.5) is 0 Å². The average Bonchev–Trinajstić information content (AvgIpc) is 3.17. The van der Waals surface area contributed by atoms with Crippen LogP contribution in [0.15, 0.2) is 58.0 Å². The molecule has 0 spiro atoms. The first-order valence-electron chi connectivity index (χ1n) is 8.93. The van der Waals surface area contributed by atoms with E-state index in [-0.39, 0.29) is 5.56 Å². The van der Waals surface area contributed by atoms with Crippen molar-refractivity contribution < 1.29 is 9.21 Å². The Morgan fingerprint density at radius 1 is 1.22 bits per heavy atom. The van der Waals surface area contributed by atoms with E-state index in [0.29, 0.717) is 37.3 Å². The van der Waals surface area contributed by atoms with Crippen molar-refractivity contribution in [1.29, 1.82) is 0 Å². The van der Waals surface area contributed by atoms with E-state index < -0.39 is 11.5 Å². The lowest BCUT2D eigenvalue weighted by atomic mass is 10.1. The predicted octanol–water partition coefficient (Wildman–Crippen LogP) is 2.15. The van der Waals surface area contributed by atoms with Crippen LogP contribution < -0.4 is 10.9 Å². The van der Waals surface area contributed by atoms with Crippen LogP contribution >= 0.6 is 0 Å². The molecule has 1 amide bonds. The van der Waals surface area contributed by atoms with Gasteiger partial charge in [0.05, 0.1) is 6.20 Å². The number of aromatic nitrogens is 3. The SMILES string of the molecule is Cc1cc(CCc2ccccc2)oc(=O)c1C(=O)NCCCn1ccnn1. The lowest BCUT2D eigenvalue weighted by Gasteiger charge is -2.08. The third-order valence-corrected chi connectivity index (χ3v) is 4.25. The van der Waals surface area contributed by atoms with Gasteiger partial charge in [0.15, 0.2) is 0 Å². The molecular weight excluding hydrogens is 344 g/mol. The first-order valence-corrected chi connectivity index (χ1v) is 8.93. The topological polar surface area (TPSA) is 90.0 Å². The molecule has 1 aromatic carbocycles. The summed E-state index contributed by atoms with van der Waals surface area (Å²) in [7, 11) is 0. The Morgan fingerprint density at radius 2 is 2.04 bits per heavy atom. The highest BCUT2D eigenvalue weighted by Gasteiger charge is 2.16. The van der Waals surface area contributed by atoms with Crippen molar-refractivity contribution in [3.63, 3.8) is 0 Å². The van der Waals surface area contributed by atoms with Crippen LogP contribution in [0, 0.1) is 6.92 Å². The molecule has 0 bridgehead atoms. The van der Waals surface area contributed by atoms with Gasteiger partial charge in [-0.05, 0) is 37.0 Å². The lowest BCUT2D eigenvalue weighted by molar-refractivity contribution is 0.0947. The van der Waals surface area contributed by atoms with Gasteiger partial charge in [0.25, 0.3) is 5.91 Å². The summed E-state index contributed by atoms with van der Waals surface area (Å²) >= 11 is 0. The predicted molar refractivity (Wildman–Crippen MR) is 101 cm³/mol. The molecule has 3 rings (SSSR count). The second-order valence-electron chi connectivity index (χ2n) is 6.32. The van der Waals surface area contributed by atoms with E-state index in [1.807, 2.05) is 30.3 Å². The molecule has 0 saturated heterocycles. The minimum atomic E-state index is -0.591. The van der Waals surface area contributed by atoms with Gasteiger partial charge in [-0.15, -0.1) is 5.10 Å². The highest BCUT2D eigenvalue weighted by atomic mass is 16.4. The van der Waals surface area contributed by atoms with Crippen LogP contribution in [-0.4, -0.2) is 27.4 Å². The summed E-state index contributed by atoms with van der Waals surface area (Å²) in [6.45, 7) is 2.84. The molecule has 7 nitrogen and oxygen atoms in total. The van der Waals surface area contributed by atoms with E-state index in [1.54, 1.807) is 30.1 Å². The highest BCUT2D eigenvalue weighted by Crippen LogP contribution is 2.10. The monoisotopic (exact) mass is 366 g/mol. The maximum Gasteiger partial charge on any atom is 0.349 e. The Labute approximate surface area is 157 Å². The van der Waals surface area contributed by atoms with Gasteiger partial charge in [-0.3, -0.25) is 9.48 Å². The van der Waals surface area contributed by atoms with Gasteiger partial charge in [-0.25, -0.2) is 4.79 Å². The van der Waals surface area contributed by atoms with Crippen molar-refractivity contribution in [2.24, 2.45) is 0 Å². The van der Waals surface area contributed by atoms with Gasteiger partial charge in [-0.2, -0.15) is 0 Å². The highest BCUT2D eigenvalue weighted by molar-refractivity contribution is 5.95. The van der Waals surface area contributed by atoms with Crippen molar-refractivity contribution in [3.8, 4) is 0 Å². The van der Waals surface area contributed by atoms with Gasteiger partial charge < -0.3 is 9.73 Å². The van der Waals surface area contributed by atoms with E-state index in [4.69, 9.17) is 4.42 Å². The number of aryl methyl sites for hydroxylation is 4. The molecule has 3 aromatic rings. The van der Waals surface area contributed by atoms with Gasteiger partial charge in [-0.1, -0.05) is 35.5 Å². The molecule has 27 heavy (non-hydrogen) atoms. The number of benzene rings is 1. The molecule has 0 aliphatic carbocycles. The molecule has 0 saturated carbocycles. The first kappa shape index (κ1) is 18.6. The summed E-state index contributed by atoms with van der Waals surface area (Å²) in [5, 5.41) is 10.3. The fourth-order valence-corrected chi connectivity index (χ4v) is 2.86. The maximum absolute atomic E-state index is 12.3. The number of nitrogens with one attached hydrogen (secondary N) is 1. The number of carbonyl (C=O) groups is 1. The molecule has 0 radical (unpaired) electrons. The Hall–Kier alpha value is -3.22. The van der Waals surface area contributed by atoms with E-state index in [1.165, 1.54) is 5.56 Å². The second-order valence-corrected chi connectivity index (χ2v) is 6.32. The zero-order valence-corrected chi connectivity index (χ0v) is 15.2. The summed E-state index contributed by atoms with van der Waals surface area (Å²) in [5.74, 6) is 0.179. The van der Waals surface area contributed by atoms with Crippen LogP contribution in [0.5, 0.6) is 0 Å². The zero-order valence-electron chi connectivity index (χ0n) is 15.2. The fraction of sp³-hybridized carbons (Fsp3) is 0.300. The fourth-order valence-electron chi connectivity index (χ4n) is 2.86. The zero-order chi connectivity index (χ0) is 19.1. The van der Waals surface area contributed by atoms with E-state index in [2.05, 4.69) is 15.6 Å². The summed E-state index contributed by atoms with van der Waals surface area (Å²) in [5.41, 5.74) is 1.28. The van der Waals surface area contributed by atoms with E-state index in [9.17, 15) is 9.59 Å². The van der Waals surface area contributed by atoms with Crippen LogP contribution in [0.3, 0.4) is 0 Å². The van der Waals surface area contributed by atoms with Crippen molar-refractivity contribution in [2.75, 3.05) is 6.54 Å². The standard InChI is InChI=1S/C20H22N4O3/c1-15-14-17(9-8-16-6-3-2-4-7-16)27-20(26)18(15)19(25)21-10-5-12-24-13-11-22-23-24/h2-4,6-7,11,13-14H,5,8-10,12H2,1H3,(H,21,25). The third kappa shape index (κ3) is 5.13. The number of nitrogens with zero attached hydrogens (tertiary/aromatic N) is 3. The van der Waals surface area contributed by atoms with Gasteiger partial charge in [0.2, 0.25) is 0 Å². The Balaban J connectivity index is 1.56. The minimum absolute atomic E-state index is 0.0687. The second kappa shape index (κ2) is 8.93. The van der Waals surface area contributed by atoms with Gasteiger partial charge in [0, 0.05) is 25.7 Å². The largest absolute Gasteiger partial charge is 0.427 e. The normalized spacial score (nSPS) is 10.7. The van der Waals surface area contributed by atoms with E-state index in [0.717, 1.165) is 6.42 Å². The molecule has 0 aliphatic heterocycles. The Bertz CT molecular complexity index is 934. The van der Waals surface area contributed by atoms with Gasteiger partial charge in [0.1, 0.15) is 11.3 Å². The maximum atomic E-state index is 12.3. The molecule has 7 heteroatoms. The van der Waals surface area contributed by atoms with E-state index >= 15 is 0 Å². The van der Waals surface area contributed by atoms with Crippen LogP contribution in [0.1, 0.15) is 33.7 Å². The molecule has 0 fully saturated rings. The molecule has 140 valence electrons. The third-order valence-electron chi connectivity index (χ3n) is 4.25. The molecule has 2 aromatic heterocycles. The Morgan fingerprint density at radius 3 is 2.74 bits per heavy atom. The number of carbonyl (C=O) groups excluding carboxylic acids is 1. The molecular formula is C20H22N4O3. The summed E-state index contributed by atoms with van der Waals surface area (Å²) in [6.07, 6.45) is 5.44. The van der Waals surface area contributed by atoms with Crippen molar-refractivity contribution in [1.82, 2.24) is 20.3 Å².